The Hall–Kier alpha value is -2.52. The number of halogens is 4. The summed E-state index contributed by atoms with van der Waals surface area (Å²) in [6.45, 7) is 1.96. The molecule has 0 saturated carbocycles. The lowest BCUT2D eigenvalue weighted by molar-refractivity contribution is -0.137. The summed E-state index contributed by atoms with van der Waals surface area (Å²) in [4.78, 5) is 12.7. The zero-order chi connectivity index (χ0) is 22.0. The Morgan fingerprint density at radius 3 is 2.58 bits per heavy atom. The van der Waals surface area contributed by atoms with Crippen molar-refractivity contribution in [3.05, 3.63) is 82.9 Å². The standard InChI is InChI=1S/C22H17F4N3S2/c1-13-19(27-9-8-20(13)30-11-14-4-2-3-5-16(14)23)12-31-21-28-17-7-6-15(22(24,25)26)10-18(17)29-21/h2-10H,11-12H2,1H3,(H,28,29). The van der Waals surface area contributed by atoms with Gasteiger partial charge in [0.2, 0.25) is 0 Å². The highest BCUT2D eigenvalue weighted by Crippen LogP contribution is 2.33. The van der Waals surface area contributed by atoms with Crippen LogP contribution in [0.5, 0.6) is 0 Å². The summed E-state index contributed by atoms with van der Waals surface area (Å²) in [5.74, 6) is 0.789. The van der Waals surface area contributed by atoms with Crippen molar-refractivity contribution in [3.8, 4) is 0 Å². The SMILES string of the molecule is Cc1c(SCc2ccccc2F)ccnc1CSc1nc2ccc(C(F)(F)F)cc2[nH]1. The van der Waals surface area contributed by atoms with Crippen molar-refractivity contribution in [2.75, 3.05) is 0 Å². The lowest BCUT2D eigenvalue weighted by atomic mass is 10.2. The smallest absolute Gasteiger partial charge is 0.333 e. The van der Waals surface area contributed by atoms with Gasteiger partial charge in [0.05, 0.1) is 22.3 Å². The molecule has 1 N–H and O–H groups in total. The average Bonchev–Trinajstić information content (AvgIpc) is 3.15. The molecule has 0 saturated heterocycles. The van der Waals surface area contributed by atoms with Gasteiger partial charge in [-0.25, -0.2) is 9.37 Å². The highest BCUT2D eigenvalue weighted by atomic mass is 32.2. The second-order valence-electron chi connectivity index (χ2n) is 6.82. The molecule has 4 rings (SSSR count). The van der Waals surface area contributed by atoms with E-state index in [0.717, 1.165) is 28.3 Å². The van der Waals surface area contributed by atoms with Gasteiger partial charge in [-0.3, -0.25) is 4.98 Å². The quantitative estimate of drug-likeness (QED) is 0.247. The number of nitrogens with one attached hydrogen (secondary N) is 1. The van der Waals surface area contributed by atoms with Gasteiger partial charge in [0, 0.05) is 22.6 Å². The topological polar surface area (TPSA) is 41.6 Å². The summed E-state index contributed by atoms with van der Waals surface area (Å²) in [6, 6.07) is 12.0. The number of aromatic nitrogens is 3. The number of imidazole rings is 1. The fraction of sp³-hybridized carbons (Fsp3) is 0.182. The third kappa shape index (κ3) is 5.04. The third-order valence-corrected chi connectivity index (χ3v) is 6.83. The summed E-state index contributed by atoms with van der Waals surface area (Å²) < 4.78 is 52.5. The number of fused-ring (bicyclic) bond motifs is 1. The minimum atomic E-state index is -4.39. The molecule has 160 valence electrons. The molecule has 31 heavy (non-hydrogen) atoms. The number of thioether (sulfide) groups is 2. The molecule has 0 amide bonds. The number of H-pyrrole nitrogens is 1. The number of alkyl halides is 3. The van der Waals surface area contributed by atoms with Crippen LogP contribution in [-0.2, 0) is 17.7 Å². The van der Waals surface area contributed by atoms with Gasteiger partial charge < -0.3 is 4.98 Å². The predicted octanol–water partition coefficient (Wildman–Crippen LogP) is 7.01. The van der Waals surface area contributed by atoms with Gasteiger partial charge in [-0.2, -0.15) is 13.2 Å². The first kappa shape index (κ1) is 21.7. The summed E-state index contributed by atoms with van der Waals surface area (Å²) in [5, 5.41) is 0.528. The maximum Gasteiger partial charge on any atom is 0.416 e. The number of hydrogen-bond donors (Lipinski definition) is 1. The first-order valence-corrected chi connectivity index (χ1v) is 11.3. The molecular weight excluding hydrogens is 446 g/mol. The molecule has 0 unspecified atom stereocenters. The number of aromatic amines is 1. The highest BCUT2D eigenvalue weighted by Gasteiger charge is 2.30. The van der Waals surface area contributed by atoms with Gasteiger partial charge in [0.1, 0.15) is 5.82 Å². The van der Waals surface area contributed by atoms with Gasteiger partial charge in [0.15, 0.2) is 5.16 Å². The van der Waals surface area contributed by atoms with E-state index in [1.54, 1.807) is 18.3 Å². The van der Waals surface area contributed by atoms with Crippen LogP contribution in [0.1, 0.15) is 22.4 Å². The van der Waals surface area contributed by atoms with Crippen molar-refractivity contribution in [2.24, 2.45) is 0 Å². The Labute approximate surface area is 184 Å². The molecule has 0 fully saturated rings. The van der Waals surface area contributed by atoms with E-state index in [1.807, 2.05) is 19.1 Å². The van der Waals surface area contributed by atoms with Gasteiger partial charge in [-0.1, -0.05) is 30.0 Å². The molecule has 0 bridgehead atoms. The summed E-state index contributed by atoms with van der Waals surface area (Å²) in [6.07, 6.45) is -2.69. The second-order valence-corrected chi connectivity index (χ2v) is 8.80. The Morgan fingerprint density at radius 2 is 1.81 bits per heavy atom. The van der Waals surface area contributed by atoms with E-state index in [2.05, 4.69) is 15.0 Å². The van der Waals surface area contributed by atoms with Crippen molar-refractivity contribution in [1.82, 2.24) is 15.0 Å². The van der Waals surface area contributed by atoms with Crippen LogP contribution in [0.2, 0.25) is 0 Å². The Kier molecular flexibility index (Phi) is 6.24. The molecule has 2 aromatic heterocycles. The van der Waals surface area contributed by atoms with Crippen LogP contribution in [0.15, 0.2) is 64.8 Å². The summed E-state index contributed by atoms with van der Waals surface area (Å²) in [5.41, 5.74) is 2.59. The van der Waals surface area contributed by atoms with E-state index in [0.29, 0.717) is 33.3 Å². The minimum Gasteiger partial charge on any atom is -0.333 e. The Bertz CT molecular complexity index is 1220. The van der Waals surface area contributed by atoms with Crippen molar-refractivity contribution in [3.63, 3.8) is 0 Å². The van der Waals surface area contributed by atoms with Crippen molar-refractivity contribution in [1.29, 1.82) is 0 Å². The summed E-state index contributed by atoms with van der Waals surface area (Å²) in [7, 11) is 0. The number of pyridine rings is 1. The molecule has 9 heteroatoms. The zero-order valence-electron chi connectivity index (χ0n) is 16.3. The van der Waals surface area contributed by atoms with Crippen LogP contribution in [0, 0.1) is 12.7 Å². The van der Waals surface area contributed by atoms with Crippen LogP contribution in [0.4, 0.5) is 17.6 Å². The second kappa shape index (κ2) is 8.92. The first-order valence-electron chi connectivity index (χ1n) is 9.32. The number of rotatable bonds is 6. The maximum absolute atomic E-state index is 13.9. The molecule has 3 nitrogen and oxygen atoms in total. The Balaban J connectivity index is 1.46. The molecule has 4 aromatic rings. The third-order valence-electron chi connectivity index (χ3n) is 4.73. The molecule has 0 aliphatic heterocycles. The van der Waals surface area contributed by atoms with Gasteiger partial charge in [-0.05, 0) is 48.4 Å². The predicted molar refractivity (Wildman–Crippen MR) is 116 cm³/mol. The molecule has 0 atom stereocenters. The van der Waals surface area contributed by atoms with Gasteiger partial charge >= 0.3 is 6.18 Å². The van der Waals surface area contributed by atoms with Crippen molar-refractivity contribution in [2.45, 2.75) is 34.7 Å². The van der Waals surface area contributed by atoms with Crippen molar-refractivity contribution >= 4 is 34.6 Å². The minimum absolute atomic E-state index is 0.226. The average molecular weight is 464 g/mol. The van der Waals surface area contributed by atoms with Crippen LogP contribution in [-0.4, -0.2) is 15.0 Å². The van der Waals surface area contributed by atoms with E-state index in [4.69, 9.17) is 0 Å². The molecule has 2 aromatic carbocycles. The van der Waals surface area contributed by atoms with Gasteiger partial charge in [-0.15, -0.1) is 11.8 Å². The number of benzene rings is 2. The maximum atomic E-state index is 13.9. The monoisotopic (exact) mass is 463 g/mol. The fourth-order valence-corrected chi connectivity index (χ4v) is 4.95. The van der Waals surface area contributed by atoms with Crippen LogP contribution < -0.4 is 0 Å². The first-order chi connectivity index (χ1) is 14.8. The van der Waals surface area contributed by atoms with Crippen LogP contribution >= 0.6 is 23.5 Å². The number of hydrogen-bond acceptors (Lipinski definition) is 4. The van der Waals surface area contributed by atoms with Crippen LogP contribution in [0.25, 0.3) is 11.0 Å². The summed E-state index contributed by atoms with van der Waals surface area (Å²) >= 11 is 2.91. The van der Waals surface area contributed by atoms with E-state index in [-0.39, 0.29) is 5.82 Å². The van der Waals surface area contributed by atoms with Crippen molar-refractivity contribution < 1.29 is 17.6 Å². The normalized spacial score (nSPS) is 11.9. The highest BCUT2D eigenvalue weighted by molar-refractivity contribution is 7.98. The van der Waals surface area contributed by atoms with Gasteiger partial charge in [0.25, 0.3) is 0 Å². The molecular formula is C22H17F4N3S2. The largest absolute Gasteiger partial charge is 0.416 e. The molecule has 0 spiro atoms. The molecule has 0 aliphatic rings. The zero-order valence-corrected chi connectivity index (χ0v) is 18.0. The molecule has 0 aliphatic carbocycles. The van der Waals surface area contributed by atoms with E-state index >= 15 is 0 Å². The lowest BCUT2D eigenvalue weighted by Gasteiger charge is -2.10. The number of nitrogens with zero attached hydrogens (tertiary/aromatic N) is 2. The molecule has 0 radical (unpaired) electrons. The lowest BCUT2D eigenvalue weighted by Crippen LogP contribution is -2.04. The molecule has 2 heterocycles. The Morgan fingerprint density at radius 1 is 1.00 bits per heavy atom. The van der Waals surface area contributed by atoms with E-state index < -0.39 is 11.7 Å². The van der Waals surface area contributed by atoms with Crippen LogP contribution in [0.3, 0.4) is 0 Å². The fourth-order valence-electron chi connectivity index (χ4n) is 3.00. The van der Waals surface area contributed by atoms with E-state index in [1.165, 1.54) is 35.7 Å². The van der Waals surface area contributed by atoms with E-state index in [9.17, 15) is 17.6 Å².